The molecule has 1 heteroatoms. The normalized spacial score (nSPS) is 60.2. The molecule has 4 atom stereocenters. The third-order valence-corrected chi connectivity index (χ3v) is 3.48. The van der Waals surface area contributed by atoms with Gasteiger partial charge in [-0.05, 0) is 30.6 Å². The second-order valence-corrected chi connectivity index (χ2v) is 3.77. The summed E-state index contributed by atoms with van der Waals surface area (Å²) < 4.78 is 0. The minimum Gasteiger partial charge on any atom is -0.299 e. The second-order valence-electron chi connectivity index (χ2n) is 3.77. The maximum absolute atomic E-state index is 11.1. The number of carbonyl (C=O) groups is 1. The summed E-state index contributed by atoms with van der Waals surface area (Å²) in [6.45, 7) is 0. The van der Waals surface area contributed by atoms with Crippen LogP contribution in [0.15, 0.2) is 0 Å². The van der Waals surface area contributed by atoms with Crippen LogP contribution in [0.3, 0.4) is 0 Å². The molecule has 0 aromatic rings. The van der Waals surface area contributed by atoms with E-state index in [9.17, 15) is 4.79 Å². The van der Waals surface area contributed by atoms with E-state index >= 15 is 0 Å². The van der Waals surface area contributed by atoms with Gasteiger partial charge in [-0.2, -0.15) is 0 Å². The number of carbonyl (C=O) groups excluding carboxylic acids is 1. The lowest BCUT2D eigenvalue weighted by atomic mass is 10.1. The van der Waals surface area contributed by atoms with E-state index in [1.165, 1.54) is 12.8 Å². The predicted octanol–water partition coefficient (Wildman–Crippen LogP) is 1.23. The molecule has 0 N–H and O–H groups in total. The van der Waals surface area contributed by atoms with Gasteiger partial charge < -0.3 is 0 Å². The molecule has 0 amide bonds. The SMILES string of the molecule is O=C1C[C@H]2CCC3C1[C@H]32. The van der Waals surface area contributed by atoms with Crippen molar-refractivity contribution in [3.63, 3.8) is 0 Å². The average Bonchev–Trinajstić information content (AvgIpc) is 2.34. The summed E-state index contributed by atoms with van der Waals surface area (Å²) in [6, 6.07) is 0. The lowest BCUT2D eigenvalue weighted by Crippen LogP contribution is -1.97. The minimum atomic E-state index is 0.573. The van der Waals surface area contributed by atoms with Crippen LogP contribution in [-0.4, -0.2) is 5.78 Å². The molecule has 3 saturated carbocycles. The van der Waals surface area contributed by atoms with E-state index in [1.807, 2.05) is 0 Å². The molecule has 3 rings (SSSR count). The van der Waals surface area contributed by atoms with E-state index in [4.69, 9.17) is 0 Å². The molecule has 0 aliphatic heterocycles. The molecule has 0 radical (unpaired) electrons. The first-order valence-corrected chi connectivity index (χ1v) is 3.90. The van der Waals surface area contributed by atoms with Crippen LogP contribution in [0.2, 0.25) is 0 Å². The molecule has 48 valence electrons. The van der Waals surface area contributed by atoms with E-state index in [-0.39, 0.29) is 0 Å². The Morgan fingerprint density at radius 2 is 2.22 bits per heavy atom. The Labute approximate surface area is 54.4 Å². The van der Waals surface area contributed by atoms with Crippen molar-refractivity contribution in [1.29, 1.82) is 0 Å². The molecular weight excluding hydrogens is 112 g/mol. The first kappa shape index (κ1) is 4.48. The number of hydrogen-bond acceptors (Lipinski definition) is 1. The first-order chi connectivity index (χ1) is 4.38. The second kappa shape index (κ2) is 1.09. The summed E-state index contributed by atoms with van der Waals surface area (Å²) in [6.07, 6.45) is 3.66. The summed E-state index contributed by atoms with van der Waals surface area (Å²) in [5.41, 5.74) is 0. The number of fused-ring (bicyclic) bond motifs is 1. The van der Waals surface area contributed by atoms with Gasteiger partial charge in [-0.25, -0.2) is 0 Å². The highest BCUT2D eigenvalue weighted by atomic mass is 16.1. The highest BCUT2D eigenvalue weighted by Gasteiger charge is 2.65. The van der Waals surface area contributed by atoms with E-state index in [0.717, 1.165) is 24.2 Å². The van der Waals surface area contributed by atoms with Gasteiger partial charge in [0, 0.05) is 12.3 Å². The third-order valence-electron chi connectivity index (χ3n) is 3.48. The Morgan fingerprint density at radius 3 is 2.78 bits per heavy atom. The van der Waals surface area contributed by atoms with Gasteiger partial charge in [0.05, 0.1) is 0 Å². The van der Waals surface area contributed by atoms with Gasteiger partial charge in [0.2, 0.25) is 0 Å². The molecule has 9 heavy (non-hydrogen) atoms. The van der Waals surface area contributed by atoms with Crippen molar-refractivity contribution in [2.24, 2.45) is 23.7 Å². The van der Waals surface area contributed by atoms with Crippen LogP contribution in [-0.2, 0) is 4.79 Å². The van der Waals surface area contributed by atoms with Crippen molar-refractivity contribution in [3.8, 4) is 0 Å². The van der Waals surface area contributed by atoms with Crippen LogP contribution in [0.1, 0.15) is 19.3 Å². The van der Waals surface area contributed by atoms with Crippen LogP contribution >= 0.6 is 0 Å². The summed E-state index contributed by atoms with van der Waals surface area (Å²) in [4.78, 5) is 11.1. The zero-order chi connectivity index (χ0) is 6.01. The predicted molar refractivity (Wildman–Crippen MR) is 32.8 cm³/mol. The molecule has 3 aliphatic carbocycles. The van der Waals surface area contributed by atoms with Crippen LogP contribution < -0.4 is 0 Å². The quantitative estimate of drug-likeness (QED) is 0.472. The summed E-state index contributed by atoms with van der Waals surface area (Å²) in [7, 11) is 0. The Bertz CT molecular complexity index is 185. The van der Waals surface area contributed by atoms with Crippen molar-refractivity contribution in [2.45, 2.75) is 19.3 Å². The molecule has 0 aromatic carbocycles. The van der Waals surface area contributed by atoms with Crippen LogP contribution in [0.4, 0.5) is 0 Å². The van der Waals surface area contributed by atoms with Crippen molar-refractivity contribution in [3.05, 3.63) is 0 Å². The maximum atomic E-state index is 11.1. The molecule has 0 aromatic heterocycles. The average molecular weight is 122 g/mol. The third kappa shape index (κ3) is 0.347. The van der Waals surface area contributed by atoms with Gasteiger partial charge in [-0.1, -0.05) is 0 Å². The Morgan fingerprint density at radius 1 is 1.33 bits per heavy atom. The molecule has 0 heterocycles. The standard InChI is InChI=1S/C8H10O/c9-6-3-4-1-2-5-7(4)8(5)6/h4-5,7-8H,1-3H2/t4-,5?,7+,8?/m1/s1. The first-order valence-electron chi connectivity index (χ1n) is 3.90. The fourth-order valence-corrected chi connectivity index (χ4v) is 3.10. The van der Waals surface area contributed by atoms with Crippen molar-refractivity contribution in [1.82, 2.24) is 0 Å². The van der Waals surface area contributed by atoms with E-state index in [1.54, 1.807) is 0 Å². The molecule has 1 nitrogen and oxygen atoms in total. The fraction of sp³-hybridized carbons (Fsp3) is 0.875. The molecule has 0 spiro atoms. The van der Waals surface area contributed by atoms with Gasteiger partial charge >= 0.3 is 0 Å². The number of ketones is 1. The highest BCUT2D eigenvalue weighted by Crippen LogP contribution is 2.66. The Kier molecular flexibility index (Phi) is 0.544. The lowest BCUT2D eigenvalue weighted by molar-refractivity contribution is -0.119. The van der Waals surface area contributed by atoms with E-state index < -0.39 is 0 Å². The molecule has 3 fully saturated rings. The Balaban J connectivity index is 2.05. The molecule has 2 unspecified atom stereocenters. The van der Waals surface area contributed by atoms with E-state index in [0.29, 0.717) is 11.7 Å². The van der Waals surface area contributed by atoms with Crippen molar-refractivity contribution in [2.75, 3.05) is 0 Å². The monoisotopic (exact) mass is 122 g/mol. The van der Waals surface area contributed by atoms with Crippen molar-refractivity contribution < 1.29 is 4.79 Å². The zero-order valence-electron chi connectivity index (χ0n) is 5.34. The van der Waals surface area contributed by atoms with Gasteiger partial charge in [0.15, 0.2) is 0 Å². The minimum absolute atomic E-state index is 0.573. The van der Waals surface area contributed by atoms with Gasteiger partial charge in [0.1, 0.15) is 5.78 Å². The molecule has 0 saturated heterocycles. The highest BCUT2D eigenvalue weighted by molar-refractivity contribution is 5.88. The number of Topliss-reactive ketones (excluding diaryl/α,β-unsaturated/α-hetero) is 1. The fourth-order valence-electron chi connectivity index (χ4n) is 3.10. The van der Waals surface area contributed by atoms with Crippen LogP contribution in [0.5, 0.6) is 0 Å². The van der Waals surface area contributed by atoms with Crippen LogP contribution in [0.25, 0.3) is 0 Å². The lowest BCUT2D eigenvalue weighted by Gasteiger charge is -1.98. The Hall–Kier alpha value is -0.330. The molecule has 0 bridgehead atoms. The maximum Gasteiger partial charge on any atom is 0.136 e. The van der Waals surface area contributed by atoms with E-state index in [2.05, 4.69) is 0 Å². The number of hydrogen-bond donors (Lipinski definition) is 0. The van der Waals surface area contributed by atoms with Crippen LogP contribution in [0, 0.1) is 23.7 Å². The summed E-state index contributed by atoms with van der Waals surface area (Å²) >= 11 is 0. The largest absolute Gasteiger partial charge is 0.299 e. The summed E-state index contributed by atoms with van der Waals surface area (Å²) in [5.74, 6) is 3.76. The number of rotatable bonds is 0. The van der Waals surface area contributed by atoms with Gasteiger partial charge in [0.25, 0.3) is 0 Å². The molecular formula is C8H10O. The van der Waals surface area contributed by atoms with Crippen molar-refractivity contribution >= 4 is 5.78 Å². The van der Waals surface area contributed by atoms with Gasteiger partial charge in [-0.3, -0.25) is 4.79 Å². The van der Waals surface area contributed by atoms with Gasteiger partial charge in [-0.15, -0.1) is 0 Å². The molecule has 3 aliphatic rings. The summed E-state index contributed by atoms with van der Waals surface area (Å²) in [5, 5.41) is 0. The zero-order valence-corrected chi connectivity index (χ0v) is 5.34. The smallest absolute Gasteiger partial charge is 0.136 e. The topological polar surface area (TPSA) is 17.1 Å².